The minimum absolute atomic E-state index is 0.128. The van der Waals surface area contributed by atoms with E-state index in [4.69, 9.17) is 0 Å². The highest BCUT2D eigenvalue weighted by atomic mass is 16.1. The minimum atomic E-state index is -0.128. The van der Waals surface area contributed by atoms with Crippen LogP contribution < -0.4 is 5.32 Å². The number of rotatable bonds is 4. The monoisotopic (exact) mass is 347 g/mol. The van der Waals surface area contributed by atoms with Crippen molar-refractivity contribution >= 4 is 23.0 Å². The van der Waals surface area contributed by atoms with Crippen molar-refractivity contribution in [3.63, 3.8) is 0 Å². The lowest BCUT2D eigenvalue weighted by Gasteiger charge is -2.18. The quantitative estimate of drug-likeness (QED) is 0.719. The van der Waals surface area contributed by atoms with Gasteiger partial charge in [0.25, 0.3) is 0 Å². The fourth-order valence-electron chi connectivity index (χ4n) is 2.84. The molecule has 134 valence electrons. The maximum Gasteiger partial charge on any atom is 0.244 e. The second-order valence-electron chi connectivity index (χ2n) is 7.50. The first-order valence-electron chi connectivity index (χ1n) is 8.81. The first-order chi connectivity index (χ1) is 12.3. The Morgan fingerprint density at radius 1 is 1.12 bits per heavy atom. The molecule has 0 saturated heterocycles. The van der Waals surface area contributed by atoms with Crippen molar-refractivity contribution in [2.75, 3.05) is 0 Å². The summed E-state index contributed by atoms with van der Waals surface area (Å²) in [4.78, 5) is 16.7. The summed E-state index contributed by atoms with van der Waals surface area (Å²) in [6.07, 6.45) is 3.39. The number of amides is 1. The Kier molecular flexibility index (Phi) is 4.94. The van der Waals surface area contributed by atoms with Gasteiger partial charge in [-0.3, -0.25) is 4.79 Å². The average Bonchev–Trinajstić information content (AvgIpc) is 2.94. The molecule has 0 radical (unpaired) electrons. The van der Waals surface area contributed by atoms with Crippen LogP contribution in [0.5, 0.6) is 0 Å². The summed E-state index contributed by atoms with van der Waals surface area (Å²) in [5.74, 6) is 0.708. The van der Waals surface area contributed by atoms with Crippen LogP contribution in [0.1, 0.15) is 37.7 Å². The van der Waals surface area contributed by atoms with Crippen LogP contribution >= 0.6 is 0 Å². The molecule has 0 unspecified atom stereocenters. The summed E-state index contributed by atoms with van der Waals surface area (Å²) in [6.45, 7) is 6.96. The zero-order valence-electron chi connectivity index (χ0n) is 15.8. The Morgan fingerprint density at radius 3 is 2.46 bits per heavy atom. The molecule has 0 saturated carbocycles. The van der Waals surface area contributed by atoms with Gasteiger partial charge in [-0.1, -0.05) is 57.2 Å². The number of aryl methyl sites for hydroxylation is 1. The Morgan fingerprint density at radius 2 is 1.81 bits per heavy atom. The van der Waals surface area contributed by atoms with Gasteiger partial charge in [-0.25, -0.2) is 4.98 Å². The molecule has 3 rings (SSSR count). The van der Waals surface area contributed by atoms with E-state index in [0.29, 0.717) is 6.54 Å². The van der Waals surface area contributed by atoms with E-state index < -0.39 is 0 Å². The van der Waals surface area contributed by atoms with Crippen LogP contribution in [0.3, 0.4) is 0 Å². The molecule has 0 spiro atoms. The van der Waals surface area contributed by atoms with E-state index >= 15 is 0 Å². The number of hydrogen-bond acceptors (Lipinski definition) is 2. The number of fused-ring (bicyclic) bond motifs is 1. The van der Waals surface area contributed by atoms with E-state index in [-0.39, 0.29) is 11.3 Å². The zero-order valence-corrected chi connectivity index (χ0v) is 15.8. The topological polar surface area (TPSA) is 46.9 Å². The van der Waals surface area contributed by atoms with E-state index in [9.17, 15) is 4.79 Å². The molecule has 2 aromatic carbocycles. The lowest BCUT2D eigenvalue weighted by Crippen LogP contribution is -2.22. The molecular weight excluding hydrogens is 322 g/mol. The number of nitrogens with one attached hydrogen (secondary N) is 1. The van der Waals surface area contributed by atoms with E-state index in [1.807, 2.05) is 54.1 Å². The van der Waals surface area contributed by atoms with Gasteiger partial charge >= 0.3 is 0 Å². The van der Waals surface area contributed by atoms with Gasteiger partial charge < -0.3 is 9.88 Å². The molecule has 4 nitrogen and oxygen atoms in total. The lowest BCUT2D eigenvalue weighted by molar-refractivity contribution is -0.116. The number of nitrogens with zero attached hydrogens (tertiary/aromatic N) is 2. The maximum absolute atomic E-state index is 12.1. The van der Waals surface area contributed by atoms with Gasteiger partial charge in [-0.2, -0.15) is 0 Å². The van der Waals surface area contributed by atoms with Gasteiger partial charge in [-0.15, -0.1) is 0 Å². The van der Waals surface area contributed by atoms with Crippen molar-refractivity contribution in [2.45, 2.75) is 32.7 Å². The fourth-order valence-corrected chi connectivity index (χ4v) is 2.84. The number of imidazole rings is 1. The number of para-hydroxylation sites is 2. The Labute approximate surface area is 154 Å². The average molecular weight is 347 g/mol. The third kappa shape index (κ3) is 4.02. The Hall–Kier alpha value is -2.88. The number of hydrogen-bond donors (Lipinski definition) is 1. The van der Waals surface area contributed by atoms with E-state index in [1.165, 1.54) is 5.56 Å². The van der Waals surface area contributed by atoms with Crippen molar-refractivity contribution in [3.8, 4) is 0 Å². The molecule has 4 heteroatoms. The Balaban J connectivity index is 1.61. The molecular formula is C22H25N3O. The van der Waals surface area contributed by atoms with Crippen LogP contribution in [0.2, 0.25) is 0 Å². The van der Waals surface area contributed by atoms with Gasteiger partial charge in [0.15, 0.2) is 0 Å². The lowest BCUT2D eigenvalue weighted by atomic mass is 9.87. The van der Waals surface area contributed by atoms with Crippen LogP contribution in [0.25, 0.3) is 17.1 Å². The van der Waals surface area contributed by atoms with Gasteiger partial charge in [0.2, 0.25) is 5.91 Å². The van der Waals surface area contributed by atoms with Gasteiger partial charge in [0.05, 0.1) is 17.6 Å². The molecule has 0 aliphatic carbocycles. The van der Waals surface area contributed by atoms with Gasteiger partial charge in [0.1, 0.15) is 5.82 Å². The number of carbonyl (C=O) groups is 1. The van der Waals surface area contributed by atoms with Crippen LogP contribution in [-0.2, 0) is 23.8 Å². The molecule has 0 bridgehead atoms. The van der Waals surface area contributed by atoms with Crippen molar-refractivity contribution < 1.29 is 4.79 Å². The molecule has 26 heavy (non-hydrogen) atoms. The summed E-state index contributed by atoms with van der Waals surface area (Å²) in [6, 6.07) is 16.2. The summed E-state index contributed by atoms with van der Waals surface area (Å²) in [5, 5.41) is 2.90. The van der Waals surface area contributed by atoms with Gasteiger partial charge in [0, 0.05) is 13.1 Å². The van der Waals surface area contributed by atoms with Crippen LogP contribution in [-0.4, -0.2) is 15.5 Å². The molecule has 1 amide bonds. The molecule has 1 aromatic heterocycles. The maximum atomic E-state index is 12.1. The molecule has 3 aromatic rings. The van der Waals surface area contributed by atoms with Crippen molar-refractivity contribution in [3.05, 3.63) is 71.6 Å². The molecule has 1 N–H and O–H groups in total. The number of aromatic nitrogens is 2. The highest BCUT2D eigenvalue weighted by Gasteiger charge is 2.12. The molecule has 0 aliphatic rings. The highest BCUT2D eigenvalue weighted by molar-refractivity contribution is 5.91. The molecule has 1 heterocycles. The van der Waals surface area contributed by atoms with E-state index in [2.05, 4.69) is 43.2 Å². The van der Waals surface area contributed by atoms with Gasteiger partial charge in [-0.05, 0) is 34.8 Å². The molecule has 0 atom stereocenters. The first kappa shape index (κ1) is 17.9. The summed E-state index contributed by atoms with van der Waals surface area (Å²) in [7, 11) is 1.96. The SMILES string of the molecule is Cn1c(CNC(=O)C=Cc2ccc(C(C)(C)C)cc2)nc2ccccc21. The summed E-state index contributed by atoms with van der Waals surface area (Å²) >= 11 is 0. The molecule has 0 fully saturated rings. The predicted octanol–water partition coefficient (Wildman–Crippen LogP) is 4.20. The second-order valence-corrected chi connectivity index (χ2v) is 7.50. The van der Waals surface area contributed by atoms with Crippen LogP contribution in [0.15, 0.2) is 54.6 Å². The van der Waals surface area contributed by atoms with Crippen molar-refractivity contribution in [1.82, 2.24) is 14.9 Å². The molecule has 0 aliphatic heterocycles. The number of benzene rings is 2. The van der Waals surface area contributed by atoms with E-state index in [1.54, 1.807) is 6.08 Å². The van der Waals surface area contributed by atoms with Crippen LogP contribution in [0.4, 0.5) is 0 Å². The smallest absolute Gasteiger partial charge is 0.244 e. The normalized spacial score (nSPS) is 12.0. The third-order valence-corrected chi connectivity index (χ3v) is 4.50. The Bertz CT molecular complexity index is 944. The largest absolute Gasteiger partial charge is 0.345 e. The zero-order chi connectivity index (χ0) is 18.7. The summed E-state index contributed by atoms with van der Waals surface area (Å²) in [5.41, 5.74) is 4.42. The highest BCUT2D eigenvalue weighted by Crippen LogP contribution is 2.22. The fraction of sp³-hybridized carbons (Fsp3) is 0.273. The summed E-state index contributed by atoms with van der Waals surface area (Å²) < 4.78 is 2.00. The second kappa shape index (κ2) is 7.16. The van der Waals surface area contributed by atoms with Crippen LogP contribution in [0, 0.1) is 0 Å². The minimum Gasteiger partial charge on any atom is -0.345 e. The standard InChI is InChI=1S/C22H25N3O/c1-22(2,3)17-12-9-16(10-13-17)11-14-21(26)23-15-20-24-18-7-5-6-8-19(18)25(20)4/h5-14H,15H2,1-4H3,(H,23,26). The number of carbonyl (C=O) groups excluding carboxylic acids is 1. The first-order valence-corrected chi connectivity index (χ1v) is 8.81. The third-order valence-electron chi connectivity index (χ3n) is 4.50. The predicted molar refractivity (Wildman–Crippen MR) is 107 cm³/mol. The van der Waals surface area contributed by atoms with Crippen molar-refractivity contribution in [1.29, 1.82) is 0 Å². The van der Waals surface area contributed by atoms with Crippen molar-refractivity contribution in [2.24, 2.45) is 7.05 Å². The van der Waals surface area contributed by atoms with E-state index in [0.717, 1.165) is 22.4 Å².